The number of aromatic amines is 1. The normalized spacial score (nSPS) is 15.0. The molecule has 2 aromatic rings. The Hall–Kier alpha value is -1.77. The zero-order chi connectivity index (χ0) is 11.1. The molecule has 0 unspecified atom stereocenters. The van der Waals surface area contributed by atoms with Crippen LogP contribution in [0.1, 0.15) is 24.0 Å². The number of hydrogen-bond donors (Lipinski definition) is 2. The number of H-pyrrole nitrogens is 1. The number of fused-ring (bicyclic) bond motifs is 3. The van der Waals surface area contributed by atoms with Crippen molar-refractivity contribution >= 4 is 16.6 Å². The second-order valence-corrected chi connectivity index (χ2v) is 4.42. The van der Waals surface area contributed by atoms with E-state index in [-0.39, 0.29) is 5.56 Å². The minimum atomic E-state index is 0.0759. The van der Waals surface area contributed by atoms with Gasteiger partial charge in [0, 0.05) is 22.2 Å². The predicted octanol–water partition coefficient (Wildman–Crippen LogP) is 1.99. The number of nitrogens with one attached hydrogen (secondary N) is 1. The molecule has 0 bridgehead atoms. The summed E-state index contributed by atoms with van der Waals surface area (Å²) in [6.07, 6.45) is 4.18. The highest BCUT2D eigenvalue weighted by atomic mass is 16.1. The molecule has 1 aliphatic rings. The fraction of sp³-hybridized carbons (Fsp3) is 0.308. The maximum atomic E-state index is 11.9. The van der Waals surface area contributed by atoms with Gasteiger partial charge in [-0.3, -0.25) is 4.79 Å². The number of hydrogen-bond acceptors (Lipinski definition) is 2. The summed E-state index contributed by atoms with van der Waals surface area (Å²) in [4.78, 5) is 14.8. The van der Waals surface area contributed by atoms with Gasteiger partial charge in [-0.15, -0.1) is 0 Å². The van der Waals surface area contributed by atoms with Gasteiger partial charge in [-0.2, -0.15) is 0 Å². The maximum Gasteiger partial charge on any atom is 0.251 e. The van der Waals surface area contributed by atoms with Crippen LogP contribution in [0, 0.1) is 0 Å². The lowest BCUT2D eigenvalue weighted by Crippen LogP contribution is -2.19. The van der Waals surface area contributed by atoms with Gasteiger partial charge in [0.1, 0.15) is 0 Å². The Morgan fingerprint density at radius 3 is 2.69 bits per heavy atom. The molecule has 3 N–H and O–H groups in total. The van der Waals surface area contributed by atoms with Crippen LogP contribution in [0.15, 0.2) is 23.0 Å². The summed E-state index contributed by atoms with van der Waals surface area (Å²) in [6, 6.07) is 5.68. The molecule has 16 heavy (non-hydrogen) atoms. The molecular weight excluding hydrogens is 200 g/mol. The van der Waals surface area contributed by atoms with E-state index < -0.39 is 0 Å². The van der Waals surface area contributed by atoms with E-state index in [1.54, 1.807) is 0 Å². The molecule has 3 rings (SSSR count). The summed E-state index contributed by atoms with van der Waals surface area (Å²) < 4.78 is 0. The lowest BCUT2D eigenvalue weighted by Gasteiger charge is -2.17. The Balaban J connectivity index is 2.43. The summed E-state index contributed by atoms with van der Waals surface area (Å²) in [5.41, 5.74) is 9.71. The Labute approximate surface area is 93.3 Å². The number of rotatable bonds is 0. The highest BCUT2D eigenvalue weighted by molar-refractivity contribution is 5.86. The van der Waals surface area contributed by atoms with Crippen molar-refractivity contribution in [2.45, 2.75) is 25.7 Å². The van der Waals surface area contributed by atoms with Crippen molar-refractivity contribution in [2.24, 2.45) is 0 Å². The molecule has 0 radical (unpaired) electrons. The van der Waals surface area contributed by atoms with Crippen molar-refractivity contribution in [1.29, 1.82) is 0 Å². The molecule has 0 saturated heterocycles. The summed E-state index contributed by atoms with van der Waals surface area (Å²) in [5.74, 6) is 0. The first-order chi connectivity index (χ1) is 7.75. The Bertz CT molecular complexity index is 613. The number of benzene rings is 1. The van der Waals surface area contributed by atoms with E-state index in [1.165, 1.54) is 12.0 Å². The molecule has 0 aliphatic heterocycles. The lowest BCUT2D eigenvalue weighted by atomic mass is 9.90. The minimum absolute atomic E-state index is 0.0759. The minimum Gasteiger partial charge on any atom is -0.399 e. The summed E-state index contributed by atoms with van der Waals surface area (Å²) >= 11 is 0. The summed E-state index contributed by atoms with van der Waals surface area (Å²) in [5, 5.41) is 1.12. The van der Waals surface area contributed by atoms with Gasteiger partial charge in [0.2, 0.25) is 0 Å². The van der Waals surface area contributed by atoms with E-state index in [4.69, 9.17) is 5.73 Å². The van der Waals surface area contributed by atoms with Gasteiger partial charge in [-0.1, -0.05) is 0 Å². The van der Waals surface area contributed by atoms with E-state index in [9.17, 15) is 4.79 Å². The van der Waals surface area contributed by atoms with Crippen LogP contribution in [0.2, 0.25) is 0 Å². The van der Waals surface area contributed by atoms with Gasteiger partial charge in [0.05, 0.1) is 0 Å². The first-order valence-corrected chi connectivity index (χ1v) is 5.69. The molecule has 0 fully saturated rings. The zero-order valence-electron chi connectivity index (χ0n) is 9.05. The molecule has 0 amide bonds. The molecule has 3 heteroatoms. The third-order valence-corrected chi connectivity index (χ3v) is 3.36. The van der Waals surface area contributed by atoms with Crippen molar-refractivity contribution in [1.82, 2.24) is 4.98 Å². The molecule has 0 atom stereocenters. The van der Waals surface area contributed by atoms with E-state index >= 15 is 0 Å². The molecule has 0 spiro atoms. The average molecular weight is 214 g/mol. The Morgan fingerprint density at radius 1 is 1.12 bits per heavy atom. The highest BCUT2D eigenvalue weighted by Crippen LogP contribution is 2.26. The number of aryl methyl sites for hydroxylation is 1. The second kappa shape index (κ2) is 3.37. The number of nitrogen functional groups attached to an aromatic ring is 1. The fourth-order valence-corrected chi connectivity index (χ4v) is 2.57. The smallest absolute Gasteiger partial charge is 0.251 e. The number of aromatic nitrogens is 1. The molecule has 1 aliphatic carbocycles. The quantitative estimate of drug-likeness (QED) is 0.659. The predicted molar refractivity (Wildman–Crippen MR) is 65.6 cm³/mol. The van der Waals surface area contributed by atoms with Gasteiger partial charge >= 0.3 is 0 Å². The fourth-order valence-electron chi connectivity index (χ4n) is 2.57. The third kappa shape index (κ3) is 1.32. The van der Waals surface area contributed by atoms with Crippen LogP contribution in [0.4, 0.5) is 5.69 Å². The zero-order valence-corrected chi connectivity index (χ0v) is 9.05. The van der Waals surface area contributed by atoms with Crippen LogP contribution in [0.5, 0.6) is 0 Å². The molecular formula is C13H14N2O. The monoisotopic (exact) mass is 214 g/mol. The molecule has 82 valence electrons. The topological polar surface area (TPSA) is 58.9 Å². The van der Waals surface area contributed by atoms with Crippen LogP contribution in [0.3, 0.4) is 0 Å². The van der Waals surface area contributed by atoms with Crippen LogP contribution in [-0.4, -0.2) is 4.98 Å². The number of pyridine rings is 1. The standard InChI is InChI=1S/C13H14N2O/c14-8-5-6-12-11(7-8)9-3-1-2-4-10(9)13(16)15-12/h5-7H,1-4,14H2,(H,15,16). The van der Waals surface area contributed by atoms with Gasteiger partial charge in [0.15, 0.2) is 0 Å². The van der Waals surface area contributed by atoms with E-state index in [2.05, 4.69) is 4.98 Å². The van der Waals surface area contributed by atoms with Crippen molar-refractivity contribution in [3.05, 3.63) is 39.7 Å². The van der Waals surface area contributed by atoms with Gasteiger partial charge in [0.25, 0.3) is 5.56 Å². The lowest BCUT2D eigenvalue weighted by molar-refractivity contribution is 0.682. The van der Waals surface area contributed by atoms with Crippen molar-refractivity contribution in [3.8, 4) is 0 Å². The Morgan fingerprint density at radius 2 is 1.88 bits per heavy atom. The van der Waals surface area contributed by atoms with E-state index in [0.717, 1.165) is 41.4 Å². The largest absolute Gasteiger partial charge is 0.399 e. The van der Waals surface area contributed by atoms with Crippen molar-refractivity contribution < 1.29 is 0 Å². The first kappa shape index (κ1) is 9.46. The molecule has 3 nitrogen and oxygen atoms in total. The van der Waals surface area contributed by atoms with E-state index in [1.807, 2.05) is 18.2 Å². The van der Waals surface area contributed by atoms with Crippen molar-refractivity contribution in [3.63, 3.8) is 0 Å². The molecule has 0 saturated carbocycles. The SMILES string of the molecule is Nc1ccc2[nH]c(=O)c3c(c2c1)CCCC3. The van der Waals surface area contributed by atoms with Crippen LogP contribution >= 0.6 is 0 Å². The molecule has 1 heterocycles. The third-order valence-electron chi connectivity index (χ3n) is 3.36. The van der Waals surface area contributed by atoms with Crippen LogP contribution in [0.25, 0.3) is 10.9 Å². The second-order valence-electron chi connectivity index (χ2n) is 4.42. The van der Waals surface area contributed by atoms with Crippen LogP contribution < -0.4 is 11.3 Å². The average Bonchev–Trinajstić information content (AvgIpc) is 2.31. The molecule has 1 aromatic carbocycles. The number of nitrogens with two attached hydrogens (primary N) is 1. The van der Waals surface area contributed by atoms with Gasteiger partial charge < -0.3 is 10.7 Å². The van der Waals surface area contributed by atoms with Crippen LogP contribution in [-0.2, 0) is 12.8 Å². The Kier molecular flexibility index (Phi) is 1.99. The number of anilines is 1. The summed E-state index contributed by atoms with van der Waals surface area (Å²) in [7, 11) is 0. The van der Waals surface area contributed by atoms with Gasteiger partial charge in [-0.05, 0) is 49.4 Å². The molecule has 1 aromatic heterocycles. The summed E-state index contributed by atoms with van der Waals surface area (Å²) in [6.45, 7) is 0. The van der Waals surface area contributed by atoms with E-state index in [0.29, 0.717) is 0 Å². The van der Waals surface area contributed by atoms with Gasteiger partial charge in [-0.25, -0.2) is 0 Å². The van der Waals surface area contributed by atoms with Crippen molar-refractivity contribution in [2.75, 3.05) is 5.73 Å². The first-order valence-electron chi connectivity index (χ1n) is 5.69. The maximum absolute atomic E-state index is 11.9. The highest BCUT2D eigenvalue weighted by Gasteiger charge is 2.15.